The van der Waals surface area contributed by atoms with Crippen LogP contribution in [0.5, 0.6) is 11.5 Å². The van der Waals surface area contributed by atoms with Gasteiger partial charge in [0.15, 0.2) is 0 Å². The maximum atomic E-state index is 11.6. The first-order chi connectivity index (χ1) is 8.34. The summed E-state index contributed by atoms with van der Waals surface area (Å²) in [6.45, 7) is 0. The van der Waals surface area contributed by atoms with Crippen LogP contribution >= 0.6 is 0 Å². The predicted octanol–water partition coefficient (Wildman–Crippen LogP) is 2.65. The summed E-state index contributed by atoms with van der Waals surface area (Å²) in [7, 11) is 0. The summed E-state index contributed by atoms with van der Waals surface area (Å²) in [5.74, 6) is 1.26. The van der Waals surface area contributed by atoms with E-state index in [2.05, 4.69) is 10.2 Å². The Bertz CT molecular complexity index is 698. The van der Waals surface area contributed by atoms with Crippen molar-refractivity contribution in [1.82, 2.24) is 10.2 Å². The van der Waals surface area contributed by atoms with Crippen LogP contribution in [0.4, 0.5) is 0 Å². The summed E-state index contributed by atoms with van der Waals surface area (Å²) in [6.07, 6.45) is 0. The van der Waals surface area contributed by atoms with Gasteiger partial charge in [0.05, 0.1) is 5.52 Å². The third kappa shape index (κ3) is 1.69. The van der Waals surface area contributed by atoms with Crippen molar-refractivity contribution in [3.8, 4) is 11.5 Å². The summed E-state index contributed by atoms with van der Waals surface area (Å²) < 4.78 is 5.69. The third-order valence-corrected chi connectivity index (χ3v) is 2.54. The standard InChI is InChI=1S/C13H10N2O2/c16-13-12-10(14-15-13)7-4-8-11(12)17-9-5-2-1-3-6-9/h1-8H,(H2,14,15,16). The van der Waals surface area contributed by atoms with E-state index in [-0.39, 0.29) is 5.56 Å². The Balaban J connectivity index is 2.12. The smallest absolute Gasteiger partial charge is 0.275 e. The van der Waals surface area contributed by atoms with Crippen molar-refractivity contribution < 1.29 is 4.74 Å². The van der Waals surface area contributed by atoms with Crippen LogP contribution in [0.3, 0.4) is 0 Å². The Hall–Kier alpha value is -2.49. The number of nitrogens with one attached hydrogen (secondary N) is 2. The molecular formula is C13H10N2O2. The zero-order valence-corrected chi connectivity index (χ0v) is 8.94. The topological polar surface area (TPSA) is 57.9 Å². The fourth-order valence-electron chi connectivity index (χ4n) is 1.76. The summed E-state index contributed by atoms with van der Waals surface area (Å²) in [5.41, 5.74) is 0.565. The molecular weight excluding hydrogens is 216 g/mol. The van der Waals surface area contributed by atoms with Gasteiger partial charge in [-0.3, -0.25) is 15.0 Å². The van der Waals surface area contributed by atoms with Gasteiger partial charge in [0.25, 0.3) is 5.56 Å². The van der Waals surface area contributed by atoms with E-state index in [1.165, 1.54) is 0 Å². The highest BCUT2D eigenvalue weighted by Crippen LogP contribution is 2.26. The number of para-hydroxylation sites is 1. The molecule has 0 saturated carbocycles. The molecule has 0 saturated heterocycles. The van der Waals surface area contributed by atoms with E-state index in [0.717, 1.165) is 5.52 Å². The highest BCUT2D eigenvalue weighted by atomic mass is 16.5. The van der Waals surface area contributed by atoms with E-state index >= 15 is 0 Å². The Kier molecular flexibility index (Phi) is 2.19. The Morgan fingerprint density at radius 1 is 0.882 bits per heavy atom. The molecule has 1 aromatic heterocycles. The van der Waals surface area contributed by atoms with Gasteiger partial charge in [0.2, 0.25) is 0 Å². The van der Waals surface area contributed by atoms with Crippen molar-refractivity contribution in [3.05, 3.63) is 58.9 Å². The van der Waals surface area contributed by atoms with E-state index in [0.29, 0.717) is 16.9 Å². The number of aromatic nitrogens is 2. The maximum Gasteiger partial charge on any atom is 0.275 e. The molecule has 0 aliphatic heterocycles. The number of benzene rings is 2. The molecule has 2 aromatic carbocycles. The molecule has 84 valence electrons. The molecule has 0 amide bonds. The zero-order chi connectivity index (χ0) is 11.7. The molecule has 0 aliphatic carbocycles. The van der Waals surface area contributed by atoms with Crippen molar-refractivity contribution in [2.75, 3.05) is 0 Å². The van der Waals surface area contributed by atoms with Crippen LogP contribution < -0.4 is 10.3 Å². The molecule has 0 bridgehead atoms. The third-order valence-electron chi connectivity index (χ3n) is 2.54. The number of H-pyrrole nitrogens is 2. The molecule has 0 radical (unpaired) electrons. The van der Waals surface area contributed by atoms with Crippen LogP contribution in [0.1, 0.15) is 0 Å². The fourth-order valence-corrected chi connectivity index (χ4v) is 1.76. The van der Waals surface area contributed by atoms with E-state index in [1.54, 1.807) is 6.07 Å². The van der Waals surface area contributed by atoms with E-state index < -0.39 is 0 Å². The second-order valence-corrected chi connectivity index (χ2v) is 3.67. The highest BCUT2D eigenvalue weighted by Gasteiger charge is 2.08. The van der Waals surface area contributed by atoms with Gasteiger partial charge >= 0.3 is 0 Å². The molecule has 1 heterocycles. The second kappa shape index (κ2) is 3.83. The predicted molar refractivity (Wildman–Crippen MR) is 65.4 cm³/mol. The van der Waals surface area contributed by atoms with Crippen LogP contribution in [0, 0.1) is 0 Å². The van der Waals surface area contributed by atoms with Gasteiger partial charge in [0.1, 0.15) is 16.9 Å². The van der Waals surface area contributed by atoms with Gasteiger partial charge in [-0.05, 0) is 24.3 Å². The number of fused-ring (bicyclic) bond motifs is 1. The Morgan fingerprint density at radius 2 is 1.71 bits per heavy atom. The Morgan fingerprint density at radius 3 is 2.53 bits per heavy atom. The first-order valence-electron chi connectivity index (χ1n) is 5.27. The zero-order valence-electron chi connectivity index (χ0n) is 8.94. The van der Waals surface area contributed by atoms with E-state index in [1.807, 2.05) is 42.5 Å². The van der Waals surface area contributed by atoms with E-state index in [4.69, 9.17) is 4.74 Å². The summed E-state index contributed by atoms with van der Waals surface area (Å²) in [5, 5.41) is 5.88. The first-order valence-corrected chi connectivity index (χ1v) is 5.27. The van der Waals surface area contributed by atoms with Crippen molar-refractivity contribution in [1.29, 1.82) is 0 Å². The van der Waals surface area contributed by atoms with Gasteiger partial charge in [-0.15, -0.1) is 0 Å². The van der Waals surface area contributed by atoms with Gasteiger partial charge in [-0.25, -0.2) is 0 Å². The fraction of sp³-hybridized carbons (Fsp3) is 0. The molecule has 0 spiro atoms. The molecule has 3 rings (SSSR count). The van der Waals surface area contributed by atoms with Gasteiger partial charge in [-0.1, -0.05) is 24.3 Å². The number of aromatic amines is 2. The number of ether oxygens (including phenoxy) is 1. The lowest BCUT2D eigenvalue weighted by atomic mass is 10.2. The molecule has 0 atom stereocenters. The average molecular weight is 226 g/mol. The number of rotatable bonds is 2. The lowest BCUT2D eigenvalue weighted by Crippen LogP contribution is -1.99. The molecule has 4 nitrogen and oxygen atoms in total. The lowest BCUT2D eigenvalue weighted by molar-refractivity contribution is 0.488. The summed E-state index contributed by atoms with van der Waals surface area (Å²) >= 11 is 0. The van der Waals surface area contributed by atoms with Crippen molar-refractivity contribution in [2.24, 2.45) is 0 Å². The summed E-state index contributed by atoms with van der Waals surface area (Å²) in [6, 6.07) is 14.8. The lowest BCUT2D eigenvalue weighted by Gasteiger charge is -2.05. The SMILES string of the molecule is O=c1[nH][nH]c2cccc(Oc3ccccc3)c12. The monoisotopic (exact) mass is 226 g/mol. The van der Waals surface area contributed by atoms with Gasteiger partial charge in [-0.2, -0.15) is 0 Å². The van der Waals surface area contributed by atoms with E-state index in [9.17, 15) is 4.79 Å². The van der Waals surface area contributed by atoms with Crippen molar-refractivity contribution in [2.45, 2.75) is 0 Å². The highest BCUT2D eigenvalue weighted by molar-refractivity contribution is 5.84. The number of hydrogen-bond donors (Lipinski definition) is 2. The summed E-state index contributed by atoms with van der Waals surface area (Å²) in [4.78, 5) is 11.6. The van der Waals surface area contributed by atoms with Crippen LogP contribution in [0.15, 0.2) is 53.3 Å². The minimum atomic E-state index is -0.175. The van der Waals surface area contributed by atoms with Crippen LogP contribution in [-0.2, 0) is 0 Å². The molecule has 2 N–H and O–H groups in total. The quantitative estimate of drug-likeness (QED) is 0.705. The van der Waals surface area contributed by atoms with Crippen LogP contribution in [-0.4, -0.2) is 10.2 Å². The van der Waals surface area contributed by atoms with Crippen LogP contribution in [0.25, 0.3) is 10.9 Å². The largest absolute Gasteiger partial charge is 0.456 e. The first kappa shape index (κ1) is 9.72. The van der Waals surface area contributed by atoms with Gasteiger partial charge in [0, 0.05) is 0 Å². The molecule has 3 aromatic rings. The molecule has 0 unspecified atom stereocenters. The molecule has 0 aliphatic rings. The maximum absolute atomic E-state index is 11.6. The molecule has 4 heteroatoms. The van der Waals surface area contributed by atoms with Crippen LogP contribution in [0.2, 0.25) is 0 Å². The van der Waals surface area contributed by atoms with Crippen molar-refractivity contribution >= 4 is 10.9 Å². The molecule has 17 heavy (non-hydrogen) atoms. The minimum Gasteiger partial charge on any atom is -0.456 e. The normalized spacial score (nSPS) is 10.6. The van der Waals surface area contributed by atoms with Crippen molar-refractivity contribution in [3.63, 3.8) is 0 Å². The molecule has 0 fully saturated rings. The second-order valence-electron chi connectivity index (χ2n) is 3.67. The average Bonchev–Trinajstić information content (AvgIpc) is 2.74. The Labute approximate surface area is 96.8 Å². The minimum absolute atomic E-state index is 0.175. The van der Waals surface area contributed by atoms with Gasteiger partial charge < -0.3 is 4.74 Å². The number of hydrogen-bond acceptors (Lipinski definition) is 2.